The van der Waals surface area contributed by atoms with E-state index in [-0.39, 0.29) is 33.1 Å². The quantitative estimate of drug-likeness (QED) is 0.908. The fourth-order valence-corrected chi connectivity index (χ4v) is 2.08. The van der Waals surface area contributed by atoms with Gasteiger partial charge in [0.2, 0.25) is 5.88 Å². The molecule has 2 N–H and O–H groups in total. The van der Waals surface area contributed by atoms with E-state index in [4.69, 9.17) is 33.0 Å². The summed E-state index contributed by atoms with van der Waals surface area (Å²) in [7, 11) is 1.54. The predicted molar refractivity (Wildman–Crippen MR) is 73.1 cm³/mol. The highest BCUT2D eigenvalue weighted by molar-refractivity contribution is 6.36. The number of hydrogen-bond donors (Lipinski definition) is 2. The number of rotatable bonds is 3. The van der Waals surface area contributed by atoms with Crippen molar-refractivity contribution < 1.29 is 19.7 Å². The third kappa shape index (κ3) is 2.52. The summed E-state index contributed by atoms with van der Waals surface area (Å²) in [5, 5.41) is 22.7. The molecule has 0 fully saturated rings. The molecule has 0 aliphatic rings. The van der Waals surface area contributed by atoms with E-state index in [1.165, 1.54) is 16.8 Å². The van der Waals surface area contributed by atoms with Gasteiger partial charge < -0.3 is 14.9 Å². The third-order valence-electron chi connectivity index (χ3n) is 2.63. The molecule has 8 heteroatoms. The van der Waals surface area contributed by atoms with E-state index >= 15 is 0 Å². The maximum absolute atomic E-state index is 11.0. The van der Waals surface area contributed by atoms with E-state index in [0.717, 1.165) is 0 Å². The molecular formula is C12H10Cl2N2O4. The molecule has 6 nitrogen and oxygen atoms in total. The summed E-state index contributed by atoms with van der Waals surface area (Å²) in [4.78, 5) is 11.0. The van der Waals surface area contributed by atoms with Crippen LogP contribution >= 0.6 is 23.2 Å². The average Bonchev–Trinajstić information content (AvgIpc) is 2.63. The van der Waals surface area contributed by atoms with Gasteiger partial charge >= 0.3 is 5.97 Å². The van der Waals surface area contributed by atoms with E-state index in [2.05, 4.69) is 5.10 Å². The summed E-state index contributed by atoms with van der Waals surface area (Å²) in [6, 6.07) is 2.58. The minimum atomic E-state index is -1.15. The number of carbonyl (C=O) groups is 1. The lowest BCUT2D eigenvalue weighted by molar-refractivity contribution is 0.0689. The van der Waals surface area contributed by atoms with Gasteiger partial charge in [-0.2, -0.15) is 5.10 Å². The highest BCUT2D eigenvalue weighted by Crippen LogP contribution is 2.38. The normalized spacial score (nSPS) is 10.6. The number of aryl methyl sites for hydroxylation is 1. The molecule has 106 valence electrons. The van der Waals surface area contributed by atoms with Gasteiger partial charge in [0.05, 0.1) is 10.0 Å². The first-order chi connectivity index (χ1) is 9.31. The zero-order valence-electron chi connectivity index (χ0n) is 10.5. The van der Waals surface area contributed by atoms with Crippen molar-refractivity contribution in [2.45, 2.75) is 6.92 Å². The molecule has 1 aromatic carbocycles. The van der Waals surface area contributed by atoms with Crippen LogP contribution in [0.5, 0.6) is 17.4 Å². The Morgan fingerprint density at radius 2 is 2.00 bits per heavy atom. The number of hydrogen-bond acceptors (Lipinski definition) is 4. The van der Waals surface area contributed by atoms with Crippen molar-refractivity contribution >= 4 is 29.2 Å². The van der Waals surface area contributed by atoms with Crippen LogP contribution < -0.4 is 4.74 Å². The van der Waals surface area contributed by atoms with Crippen LogP contribution in [0.15, 0.2) is 12.1 Å². The average molecular weight is 317 g/mol. The van der Waals surface area contributed by atoms with Crippen molar-refractivity contribution in [3.63, 3.8) is 0 Å². The van der Waals surface area contributed by atoms with Gasteiger partial charge in [0.25, 0.3) is 0 Å². The van der Waals surface area contributed by atoms with Crippen molar-refractivity contribution in [2.75, 3.05) is 0 Å². The van der Waals surface area contributed by atoms with Crippen LogP contribution in [0.3, 0.4) is 0 Å². The molecule has 0 saturated carbocycles. The number of aromatic nitrogens is 2. The molecule has 1 aromatic heterocycles. The van der Waals surface area contributed by atoms with Gasteiger partial charge in [0, 0.05) is 18.7 Å². The minimum absolute atomic E-state index is 0.0929. The second-order valence-corrected chi connectivity index (χ2v) is 4.86. The van der Waals surface area contributed by atoms with E-state index in [0.29, 0.717) is 5.56 Å². The zero-order valence-corrected chi connectivity index (χ0v) is 12.0. The molecule has 0 atom stereocenters. The van der Waals surface area contributed by atoms with Crippen LogP contribution in [-0.4, -0.2) is 26.0 Å². The number of carboxylic acids is 1. The number of ether oxygens (including phenoxy) is 1. The van der Waals surface area contributed by atoms with Crippen LogP contribution in [0.4, 0.5) is 0 Å². The molecule has 0 bridgehead atoms. The van der Waals surface area contributed by atoms with Gasteiger partial charge in [0.1, 0.15) is 5.75 Å². The standard InChI is InChI=1S/C12H10Cl2N2O4/c1-5-10(12(18)19)15-16(2)11(5)20-9-4-8(17)6(13)3-7(9)14/h3-4,17H,1-2H3,(H,18,19). The summed E-state index contributed by atoms with van der Waals surface area (Å²) >= 11 is 11.7. The Balaban J connectivity index is 2.45. The smallest absolute Gasteiger partial charge is 0.356 e. The van der Waals surface area contributed by atoms with Crippen LogP contribution in [0.2, 0.25) is 10.0 Å². The van der Waals surface area contributed by atoms with Crippen molar-refractivity contribution in [2.24, 2.45) is 7.05 Å². The summed E-state index contributed by atoms with van der Waals surface area (Å²) in [6.45, 7) is 1.56. The molecule has 2 aromatic rings. The molecule has 1 heterocycles. The number of phenolic OH excluding ortho intramolecular Hbond substituents is 1. The first kappa shape index (κ1) is 14.5. The topological polar surface area (TPSA) is 84.6 Å². The lowest BCUT2D eigenvalue weighted by Gasteiger charge is -2.09. The second kappa shape index (κ2) is 5.22. The van der Waals surface area contributed by atoms with Crippen LogP contribution in [-0.2, 0) is 7.05 Å². The summed E-state index contributed by atoms with van der Waals surface area (Å²) in [6.07, 6.45) is 0. The maximum atomic E-state index is 11.0. The fraction of sp³-hybridized carbons (Fsp3) is 0.167. The monoisotopic (exact) mass is 316 g/mol. The zero-order chi connectivity index (χ0) is 15.0. The lowest BCUT2D eigenvalue weighted by atomic mass is 10.2. The van der Waals surface area contributed by atoms with Gasteiger partial charge in [-0.1, -0.05) is 23.2 Å². The molecule has 0 saturated heterocycles. The molecular weight excluding hydrogens is 307 g/mol. The molecule has 0 aliphatic carbocycles. The number of halogens is 2. The lowest BCUT2D eigenvalue weighted by Crippen LogP contribution is -2.00. The SMILES string of the molecule is Cc1c(C(=O)O)nn(C)c1Oc1cc(O)c(Cl)cc1Cl. The Morgan fingerprint density at radius 3 is 2.55 bits per heavy atom. The van der Waals surface area contributed by atoms with Crippen LogP contribution in [0.1, 0.15) is 16.1 Å². The van der Waals surface area contributed by atoms with Crippen molar-refractivity contribution in [1.29, 1.82) is 0 Å². The third-order valence-corrected chi connectivity index (χ3v) is 3.23. The Kier molecular flexibility index (Phi) is 3.78. The Morgan fingerprint density at radius 1 is 1.35 bits per heavy atom. The number of aromatic carboxylic acids is 1. The van der Waals surface area contributed by atoms with E-state index in [1.807, 2.05) is 0 Å². The first-order valence-electron chi connectivity index (χ1n) is 5.44. The molecule has 0 radical (unpaired) electrons. The van der Waals surface area contributed by atoms with Crippen molar-refractivity contribution in [3.8, 4) is 17.4 Å². The Bertz CT molecular complexity index is 697. The van der Waals surface area contributed by atoms with Gasteiger partial charge in [-0.05, 0) is 13.0 Å². The van der Waals surface area contributed by atoms with Gasteiger partial charge in [0.15, 0.2) is 11.4 Å². The van der Waals surface area contributed by atoms with E-state index < -0.39 is 5.97 Å². The van der Waals surface area contributed by atoms with E-state index in [9.17, 15) is 9.90 Å². The number of nitrogens with zero attached hydrogens (tertiary/aromatic N) is 2. The summed E-state index contributed by atoms with van der Waals surface area (Å²) in [5.41, 5.74) is 0.238. The predicted octanol–water partition coefficient (Wildman–Crippen LogP) is 3.23. The molecule has 0 spiro atoms. The molecule has 2 rings (SSSR count). The first-order valence-corrected chi connectivity index (χ1v) is 6.19. The summed E-state index contributed by atoms with van der Waals surface area (Å²) < 4.78 is 6.80. The van der Waals surface area contributed by atoms with Gasteiger partial charge in [-0.3, -0.25) is 0 Å². The van der Waals surface area contributed by atoms with Crippen molar-refractivity contribution in [3.05, 3.63) is 33.4 Å². The molecule has 0 amide bonds. The molecule has 20 heavy (non-hydrogen) atoms. The number of phenols is 1. The summed E-state index contributed by atoms with van der Waals surface area (Å²) in [5.74, 6) is -0.982. The Labute approximate surface area is 124 Å². The molecule has 0 unspecified atom stereocenters. The maximum Gasteiger partial charge on any atom is 0.356 e. The minimum Gasteiger partial charge on any atom is -0.506 e. The van der Waals surface area contributed by atoms with Gasteiger partial charge in [-0.25, -0.2) is 9.48 Å². The highest BCUT2D eigenvalue weighted by atomic mass is 35.5. The number of carboxylic acid groups (broad SMARTS) is 1. The van der Waals surface area contributed by atoms with Gasteiger partial charge in [-0.15, -0.1) is 0 Å². The fourth-order valence-electron chi connectivity index (χ4n) is 1.66. The second-order valence-electron chi connectivity index (χ2n) is 4.04. The van der Waals surface area contributed by atoms with E-state index in [1.54, 1.807) is 14.0 Å². The van der Waals surface area contributed by atoms with Crippen molar-refractivity contribution in [1.82, 2.24) is 9.78 Å². The van der Waals surface area contributed by atoms with Crippen LogP contribution in [0.25, 0.3) is 0 Å². The Hall–Kier alpha value is -1.92. The number of aromatic hydroxyl groups is 1. The van der Waals surface area contributed by atoms with Crippen LogP contribution in [0, 0.1) is 6.92 Å². The highest BCUT2D eigenvalue weighted by Gasteiger charge is 2.20. The molecule has 0 aliphatic heterocycles. The number of benzene rings is 1. The largest absolute Gasteiger partial charge is 0.506 e.